The van der Waals surface area contributed by atoms with Gasteiger partial charge in [-0.2, -0.15) is 0 Å². The summed E-state index contributed by atoms with van der Waals surface area (Å²) < 4.78 is 26.5. The van der Waals surface area contributed by atoms with Gasteiger partial charge in [-0.15, -0.1) is 0 Å². The van der Waals surface area contributed by atoms with E-state index in [2.05, 4.69) is 27.2 Å². The number of para-hydroxylation sites is 2. The number of nitrogens with one attached hydrogen (secondary N) is 1. The molecule has 1 aliphatic heterocycles. The first-order chi connectivity index (χ1) is 18.7. The largest absolute Gasteiger partial charge is 0.495 e. The lowest BCUT2D eigenvalue weighted by Crippen LogP contribution is -2.48. The van der Waals surface area contributed by atoms with Gasteiger partial charge >= 0.3 is 0 Å². The van der Waals surface area contributed by atoms with E-state index in [9.17, 15) is 0 Å². The first-order valence-corrected chi connectivity index (χ1v) is 14.3. The predicted molar refractivity (Wildman–Crippen MR) is 151 cm³/mol. The average molecular weight is 520 g/mol. The van der Waals surface area contributed by atoms with E-state index < -0.39 is 0 Å². The lowest BCUT2D eigenvalue weighted by molar-refractivity contribution is 0.199. The fourth-order valence-corrected chi connectivity index (χ4v) is 6.49. The van der Waals surface area contributed by atoms with E-state index in [0.717, 1.165) is 56.2 Å². The zero-order chi connectivity index (χ0) is 26.2. The molecular weight excluding hydrogens is 477 g/mol. The number of methoxy groups -OCH3 is 1. The summed E-state index contributed by atoms with van der Waals surface area (Å²) in [4.78, 5) is 4.96. The van der Waals surface area contributed by atoms with E-state index in [1.807, 2.05) is 36.4 Å². The van der Waals surface area contributed by atoms with Crippen LogP contribution in [-0.4, -0.2) is 50.8 Å². The summed E-state index contributed by atoms with van der Waals surface area (Å²) in [6.07, 6.45) is 8.91. The molecule has 5 nitrogen and oxygen atoms in total. The Balaban J connectivity index is 1.29. The number of nitrogens with zero attached hydrogens (tertiary/aromatic N) is 2. The van der Waals surface area contributed by atoms with E-state index >= 15 is 4.39 Å². The molecule has 0 radical (unpaired) electrons. The monoisotopic (exact) mass is 519 g/mol. The Bertz CT molecular complexity index is 1110. The number of piperazine rings is 1. The Kier molecular flexibility index (Phi) is 9.37. The highest BCUT2D eigenvalue weighted by atomic mass is 19.1. The van der Waals surface area contributed by atoms with Crippen molar-refractivity contribution in [2.24, 2.45) is 5.92 Å². The van der Waals surface area contributed by atoms with Crippen LogP contribution in [0.3, 0.4) is 0 Å². The highest BCUT2D eigenvalue weighted by molar-refractivity contribution is 5.58. The maximum atomic E-state index is 15.3. The SMILES string of the molecule is COc1ccccc1N1CCN(CC[C@H](c2ccccc2F)[C@@H](NCc2ccco2)C2CCCCC2)CC1. The zero-order valence-corrected chi connectivity index (χ0v) is 22.7. The Labute approximate surface area is 227 Å². The van der Waals surface area contributed by atoms with Crippen molar-refractivity contribution in [2.75, 3.05) is 44.7 Å². The number of hydrogen-bond acceptors (Lipinski definition) is 5. The molecule has 0 spiro atoms. The molecule has 1 saturated carbocycles. The van der Waals surface area contributed by atoms with Crippen molar-refractivity contribution >= 4 is 5.69 Å². The minimum atomic E-state index is -0.0842. The molecule has 0 bridgehead atoms. The number of furan rings is 1. The summed E-state index contributed by atoms with van der Waals surface area (Å²) in [5.74, 6) is 2.44. The molecule has 204 valence electrons. The minimum absolute atomic E-state index is 0.0842. The standard InChI is InChI=1S/C32H42FN3O2/c1-37-31-16-8-7-15-30(31)36-21-19-35(20-22-36)18-17-28(27-13-5-6-14-29(27)33)32(25-10-3-2-4-11-25)34-24-26-12-9-23-38-26/h5-9,12-16,23,25,28,32,34H,2-4,10-11,17-22,24H2,1H3/t28-,32+/m1/s1. The zero-order valence-electron chi connectivity index (χ0n) is 22.7. The van der Waals surface area contributed by atoms with Gasteiger partial charge in [-0.1, -0.05) is 49.6 Å². The van der Waals surface area contributed by atoms with Gasteiger partial charge in [0.05, 0.1) is 25.6 Å². The molecule has 2 fully saturated rings. The molecule has 0 unspecified atom stereocenters. The van der Waals surface area contributed by atoms with Gasteiger partial charge in [0.2, 0.25) is 0 Å². The van der Waals surface area contributed by atoms with Crippen molar-refractivity contribution in [2.45, 2.75) is 57.0 Å². The third-order valence-electron chi connectivity index (χ3n) is 8.54. The first kappa shape index (κ1) is 26.8. The van der Waals surface area contributed by atoms with Gasteiger partial charge in [0.15, 0.2) is 0 Å². The Morgan fingerprint density at radius 3 is 2.45 bits per heavy atom. The van der Waals surface area contributed by atoms with Crippen LogP contribution in [0.5, 0.6) is 5.75 Å². The highest BCUT2D eigenvalue weighted by Crippen LogP contribution is 2.37. The molecule has 0 amide bonds. The normalized spacial score (nSPS) is 18.8. The molecule has 2 aromatic carbocycles. The maximum Gasteiger partial charge on any atom is 0.142 e. The molecular formula is C32H42FN3O2. The summed E-state index contributed by atoms with van der Waals surface area (Å²) >= 11 is 0. The molecule has 2 aliphatic rings. The van der Waals surface area contributed by atoms with Crippen LogP contribution in [0, 0.1) is 11.7 Å². The Morgan fingerprint density at radius 1 is 0.947 bits per heavy atom. The number of ether oxygens (including phenoxy) is 1. The Hall–Kier alpha value is -2.83. The topological polar surface area (TPSA) is 40.9 Å². The molecule has 1 aliphatic carbocycles. The van der Waals surface area contributed by atoms with Crippen LogP contribution in [0.2, 0.25) is 0 Å². The van der Waals surface area contributed by atoms with Crippen LogP contribution in [0.15, 0.2) is 71.3 Å². The van der Waals surface area contributed by atoms with Gasteiger partial charge in [0, 0.05) is 38.1 Å². The highest BCUT2D eigenvalue weighted by Gasteiger charge is 2.33. The van der Waals surface area contributed by atoms with Crippen molar-refractivity contribution in [1.29, 1.82) is 0 Å². The average Bonchev–Trinajstić information content (AvgIpc) is 3.50. The van der Waals surface area contributed by atoms with Crippen LogP contribution in [-0.2, 0) is 6.54 Å². The lowest BCUT2D eigenvalue weighted by Gasteiger charge is -2.40. The third kappa shape index (κ3) is 6.59. The molecule has 2 atom stereocenters. The quantitative estimate of drug-likeness (QED) is 0.315. The van der Waals surface area contributed by atoms with Crippen LogP contribution < -0.4 is 15.0 Å². The maximum absolute atomic E-state index is 15.3. The van der Waals surface area contributed by atoms with Crippen molar-refractivity contribution in [3.05, 3.63) is 84.1 Å². The second kappa shape index (κ2) is 13.3. The van der Waals surface area contributed by atoms with Gasteiger partial charge in [0.25, 0.3) is 0 Å². The summed E-state index contributed by atoms with van der Waals surface area (Å²) in [5, 5.41) is 3.85. The number of benzene rings is 2. The summed E-state index contributed by atoms with van der Waals surface area (Å²) in [7, 11) is 1.74. The second-order valence-electron chi connectivity index (χ2n) is 10.8. The van der Waals surface area contributed by atoms with E-state index in [0.29, 0.717) is 12.5 Å². The van der Waals surface area contributed by atoms with Crippen molar-refractivity contribution in [1.82, 2.24) is 10.2 Å². The number of hydrogen-bond donors (Lipinski definition) is 1. The van der Waals surface area contributed by atoms with E-state index in [1.54, 1.807) is 25.5 Å². The molecule has 1 N–H and O–H groups in total. The molecule has 5 rings (SSSR count). The van der Waals surface area contributed by atoms with Crippen molar-refractivity contribution < 1.29 is 13.5 Å². The van der Waals surface area contributed by atoms with Gasteiger partial charge < -0.3 is 19.4 Å². The van der Waals surface area contributed by atoms with E-state index in [4.69, 9.17) is 9.15 Å². The third-order valence-corrected chi connectivity index (χ3v) is 8.54. The van der Waals surface area contributed by atoms with E-state index in [-0.39, 0.29) is 17.8 Å². The van der Waals surface area contributed by atoms with Gasteiger partial charge in [-0.05, 0) is 67.6 Å². The van der Waals surface area contributed by atoms with Crippen molar-refractivity contribution in [3.63, 3.8) is 0 Å². The minimum Gasteiger partial charge on any atom is -0.495 e. The van der Waals surface area contributed by atoms with Gasteiger partial charge in [0.1, 0.15) is 17.3 Å². The van der Waals surface area contributed by atoms with Crippen molar-refractivity contribution in [3.8, 4) is 5.75 Å². The summed E-state index contributed by atoms with van der Waals surface area (Å²) in [6, 6.07) is 19.9. The smallest absolute Gasteiger partial charge is 0.142 e. The molecule has 3 aromatic rings. The molecule has 38 heavy (non-hydrogen) atoms. The molecule has 6 heteroatoms. The summed E-state index contributed by atoms with van der Waals surface area (Å²) in [5.41, 5.74) is 2.01. The van der Waals surface area contributed by atoms with Crippen LogP contribution >= 0.6 is 0 Å². The van der Waals surface area contributed by atoms with Crippen LogP contribution in [0.1, 0.15) is 55.8 Å². The number of rotatable bonds is 11. The fraction of sp³-hybridized carbons (Fsp3) is 0.500. The predicted octanol–water partition coefficient (Wildman–Crippen LogP) is 6.46. The molecule has 2 heterocycles. The first-order valence-electron chi connectivity index (χ1n) is 14.3. The Morgan fingerprint density at radius 2 is 1.71 bits per heavy atom. The molecule has 1 saturated heterocycles. The van der Waals surface area contributed by atoms with Crippen LogP contribution in [0.25, 0.3) is 0 Å². The van der Waals surface area contributed by atoms with E-state index in [1.165, 1.54) is 37.8 Å². The van der Waals surface area contributed by atoms with Crippen LogP contribution in [0.4, 0.5) is 10.1 Å². The second-order valence-corrected chi connectivity index (χ2v) is 10.8. The fourth-order valence-electron chi connectivity index (χ4n) is 6.49. The lowest BCUT2D eigenvalue weighted by atomic mass is 9.75. The number of halogens is 1. The van der Waals surface area contributed by atoms with Gasteiger partial charge in [-0.3, -0.25) is 4.90 Å². The number of anilines is 1. The van der Waals surface area contributed by atoms with Gasteiger partial charge in [-0.25, -0.2) is 4.39 Å². The molecule has 1 aromatic heterocycles. The summed E-state index contributed by atoms with van der Waals surface area (Å²) in [6.45, 7) is 5.56.